The van der Waals surface area contributed by atoms with E-state index in [0.717, 1.165) is 12.8 Å². The van der Waals surface area contributed by atoms with Gasteiger partial charge in [-0.25, -0.2) is 0 Å². The first-order chi connectivity index (χ1) is 11.0. The van der Waals surface area contributed by atoms with E-state index in [0.29, 0.717) is 12.8 Å². The number of hydrogen-bond donors (Lipinski definition) is 2. The van der Waals surface area contributed by atoms with E-state index in [9.17, 15) is 15.0 Å². The molecule has 24 heavy (non-hydrogen) atoms. The van der Waals surface area contributed by atoms with Gasteiger partial charge < -0.3 is 14.9 Å². The largest absolute Gasteiger partial charge is 0.462 e. The predicted molar refractivity (Wildman–Crippen MR) is 98.7 cm³/mol. The van der Waals surface area contributed by atoms with E-state index in [2.05, 4.69) is 39.5 Å². The molecule has 0 aliphatic heterocycles. The normalized spacial score (nSPS) is 14.7. The maximum absolute atomic E-state index is 11.6. The van der Waals surface area contributed by atoms with Crippen LogP contribution < -0.4 is 0 Å². The molecule has 0 aromatic rings. The molecule has 0 aromatic carbocycles. The molecule has 0 spiro atoms. The molecular weight excluding hydrogens is 304 g/mol. The van der Waals surface area contributed by atoms with Crippen molar-refractivity contribution in [3.63, 3.8) is 0 Å². The van der Waals surface area contributed by atoms with E-state index in [4.69, 9.17) is 4.74 Å². The Morgan fingerprint density at radius 2 is 1.75 bits per heavy atom. The smallest absolute Gasteiger partial charge is 0.308 e. The molecule has 0 rings (SSSR count). The molecule has 0 aliphatic carbocycles. The summed E-state index contributed by atoms with van der Waals surface area (Å²) in [6, 6.07) is 0. The van der Waals surface area contributed by atoms with Gasteiger partial charge in [0.25, 0.3) is 0 Å². The fourth-order valence-corrected chi connectivity index (χ4v) is 2.10. The minimum absolute atomic E-state index is 0.108. The van der Waals surface area contributed by atoms with E-state index in [1.807, 2.05) is 0 Å². The van der Waals surface area contributed by atoms with Crippen molar-refractivity contribution in [2.24, 2.45) is 0 Å². The molecule has 2 N–H and O–H groups in total. The van der Waals surface area contributed by atoms with Gasteiger partial charge in [-0.3, -0.25) is 4.79 Å². The number of carbonyl (C=O) groups excluding carboxylic acids is 1. The molecule has 0 aliphatic rings. The fourth-order valence-electron chi connectivity index (χ4n) is 2.10. The lowest BCUT2D eigenvalue weighted by Gasteiger charge is -2.24. The summed E-state index contributed by atoms with van der Waals surface area (Å²) in [5.41, 5.74) is 0.232. The van der Waals surface area contributed by atoms with Crippen LogP contribution in [0.3, 0.4) is 0 Å². The van der Waals surface area contributed by atoms with Gasteiger partial charge in [-0.1, -0.05) is 29.4 Å². The molecule has 0 fully saturated rings. The van der Waals surface area contributed by atoms with Gasteiger partial charge in [-0.15, -0.1) is 6.58 Å². The van der Waals surface area contributed by atoms with Crippen LogP contribution in [0.25, 0.3) is 0 Å². The lowest BCUT2D eigenvalue weighted by molar-refractivity contribution is -0.153. The maximum Gasteiger partial charge on any atom is 0.308 e. The Balaban J connectivity index is 4.34. The van der Waals surface area contributed by atoms with E-state index in [1.54, 1.807) is 0 Å². The zero-order valence-electron chi connectivity index (χ0n) is 15.9. The van der Waals surface area contributed by atoms with Gasteiger partial charge in [0.2, 0.25) is 0 Å². The highest BCUT2D eigenvalue weighted by Gasteiger charge is 2.26. The van der Waals surface area contributed by atoms with Gasteiger partial charge in [-0.2, -0.15) is 0 Å². The molecular formula is C20H34O4. The SMILES string of the molecule is C=CC(O)(CC/C=C(\C)CCC=C(C)C)COC(=O)CC(C)(C)O. The van der Waals surface area contributed by atoms with E-state index >= 15 is 0 Å². The zero-order chi connectivity index (χ0) is 18.8. The number of ether oxygens (including phenoxy) is 1. The average molecular weight is 338 g/mol. The summed E-state index contributed by atoms with van der Waals surface area (Å²) in [5, 5.41) is 20.0. The fraction of sp³-hybridized carbons (Fsp3) is 0.650. The summed E-state index contributed by atoms with van der Waals surface area (Å²) in [7, 11) is 0. The summed E-state index contributed by atoms with van der Waals surface area (Å²) in [6.07, 6.45) is 8.76. The number of hydrogen-bond acceptors (Lipinski definition) is 4. The molecule has 0 aromatic heterocycles. The molecule has 4 nitrogen and oxygen atoms in total. The Hall–Kier alpha value is -1.39. The molecule has 0 saturated carbocycles. The van der Waals surface area contributed by atoms with Crippen LogP contribution in [0.4, 0.5) is 0 Å². The lowest BCUT2D eigenvalue weighted by Crippen LogP contribution is -2.34. The molecule has 1 unspecified atom stereocenters. The molecule has 1 atom stereocenters. The van der Waals surface area contributed by atoms with Gasteiger partial charge in [0.1, 0.15) is 12.2 Å². The summed E-state index contributed by atoms with van der Waals surface area (Å²) in [6.45, 7) is 12.8. The van der Waals surface area contributed by atoms with Crippen molar-refractivity contribution in [1.82, 2.24) is 0 Å². The Bertz CT molecular complexity index is 465. The van der Waals surface area contributed by atoms with Crippen molar-refractivity contribution < 1.29 is 19.7 Å². The summed E-state index contributed by atoms with van der Waals surface area (Å²) >= 11 is 0. The first kappa shape index (κ1) is 22.6. The van der Waals surface area contributed by atoms with E-state index < -0.39 is 17.2 Å². The van der Waals surface area contributed by atoms with E-state index in [1.165, 1.54) is 31.1 Å². The molecule has 0 bridgehead atoms. The van der Waals surface area contributed by atoms with Crippen molar-refractivity contribution in [3.8, 4) is 0 Å². The third-order valence-electron chi connectivity index (χ3n) is 3.60. The zero-order valence-corrected chi connectivity index (χ0v) is 15.9. The van der Waals surface area contributed by atoms with Gasteiger partial charge in [0, 0.05) is 0 Å². The highest BCUT2D eigenvalue weighted by molar-refractivity contribution is 5.70. The number of esters is 1. The van der Waals surface area contributed by atoms with Crippen LogP contribution >= 0.6 is 0 Å². The monoisotopic (exact) mass is 338 g/mol. The number of rotatable bonds is 11. The average Bonchev–Trinajstić information content (AvgIpc) is 2.43. The standard InChI is InChI=1S/C20H34O4/c1-7-20(23,15-24-18(21)14-19(5,6)22)13-9-12-17(4)11-8-10-16(2)3/h7,10,12,22-23H,1,8-9,11,13-15H2,2-6H3/b17-12+. The minimum Gasteiger partial charge on any atom is -0.462 e. The van der Waals surface area contributed by atoms with Crippen molar-refractivity contribution in [2.45, 2.75) is 77.9 Å². The molecule has 0 heterocycles. The van der Waals surface area contributed by atoms with Gasteiger partial charge >= 0.3 is 5.97 Å². The van der Waals surface area contributed by atoms with Crippen LogP contribution in [0, 0.1) is 0 Å². The van der Waals surface area contributed by atoms with Crippen LogP contribution in [0.1, 0.15) is 66.7 Å². The third kappa shape index (κ3) is 12.1. The van der Waals surface area contributed by atoms with Crippen molar-refractivity contribution >= 4 is 5.97 Å². The highest BCUT2D eigenvalue weighted by Crippen LogP contribution is 2.18. The number of aliphatic hydroxyl groups is 2. The predicted octanol–water partition coefficient (Wildman–Crippen LogP) is 4.08. The Morgan fingerprint density at radius 3 is 2.25 bits per heavy atom. The maximum atomic E-state index is 11.6. The van der Waals surface area contributed by atoms with Gasteiger partial charge in [-0.05, 0) is 60.3 Å². The van der Waals surface area contributed by atoms with Crippen LogP contribution in [0.5, 0.6) is 0 Å². The van der Waals surface area contributed by atoms with Crippen molar-refractivity contribution in [1.29, 1.82) is 0 Å². The minimum atomic E-state index is -1.24. The van der Waals surface area contributed by atoms with Crippen molar-refractivity contribution in [2.75, 3.05) is 6.61 Å². The first-order valence-corrected chi connectivity index (χ1v) is 8.50. The summed E-state index contributed by atoms with van der Waals surface area (Å²) < 4.78 is 5.07. The van der Waals surface area contributed by atoms with Crippen LogP contribution in [0.15, 0.2) is 36.0 Å². The molecule has 4 heteroatoms. The Labute approximate surface area is 146 Å². The molecule has 0 saturated heterocycles. The quantitative estimate of drug-likeness (QED) is 0.440. The number of allylic oxidation sites excluding steroid dienone is 4. The second-order valence-corrected chi connectivity index (χ2v) is 7.37. The third-order valence-corrected chi connectivity index (χ3v) is 3.60. The second kappa shape index (κ2) is 10.5. The van der Waals surface area contributed by atoms with Crippen LogP contribution in [-0.2, 0) is 9.53 Å². The Morgan fingerprint density at radius 1 is 1.12 bits per heavy atom. The molecule has 0 radical (unpaired) electrons. The first-order valence-electron chi connectivity index (χ1n) is 8.50. The van der Waals surface area contributed by atoms with Crippen LogP contribution in [-0.4, -0.2) is 34.0 Å². The Kier molecular flexibility index (Phi) is 9.86. The lowest BCUT2D eigenvalue weighted by atomic mass is 9.97. The van der Waals surface area contributed by atoms with E-state index in [-0.39, 0.29) is 13.0 Å². The summed E-state index contributed by atoms with van der Waals surface area (Å²) in [4.78, 5) is 11.6. The summed E-state index contributed by atoms with van der Waals surface area (Å²) in [5.74, 6) is -0.531. The van der Waals surface area contributed by atoms with Gasteiger partial charge in [0.05, 0.1) is 12.0 Å². The second-order valence-electron chi connectivity index (χ2n) is 7.37. The topological polar surface area (TPSA) is 66.8 Å². The molecule has 138 valence electrons. The van der Waals surface area contributed by atoms with Gasteiger partial charge in [0.15, 0.2) is 0 Å². The molecule has 0 amide bonds. The van der Waals surface area contributed by atoms with Crippen LogP contribution in [0.2, 0.25) is 0 Å². The number of carbonyl (C=O) groups is 1. The van der Waals surface area contributed by atoms with Crippen molar-refractivity contribution in [3.05, 3.63) is 36.0 Å². The highest BCUT2D eigenvalue weighted by atomic mass is 16.5.